The molecule has 24 valence electrons. The van der Waals surface area contributed by atoms with Crippen LogP contribution in [0.2, 0.25) is 0 Å². The van der Waals surface area contributed by atoms with Crippen molar-refractivity contribution >= 4 is 16.9 Å². The number of hydrogen-bond donors (Lipinski definition) is 0. The SMILES string of the molecule is COC[As]. The number of ether oxygens (including phenoxy) is 1. The molecule has 2 heteroatoms. The maximum atomic E-state index is 4.51. The average Bonchev–Trinajstić information content (AvgIpc) is 1.37. The van der Waals surface area contributed by atoms with E-state index in [1.807, 2.05) is 0 Å². The molecule has 0 aromatic heterocycles. The molecule has 0 atom stereocenters. The van der Waals surface area contributed by atoms with E-state index >= 15 is 0 Å². The zero-order valence-corrected chi connectivity index (χ0v) is 4.44. The van der Waals surface area contributed by atoms with Gasteiger partial charge in [-0.25, -0.2) is 0 Å². The minimum absolute atomic E-state index is 0.757. The van der Waals surface area contributed by atoms with E-state index in [0.29, 0.717) is 0 Å². The second kappa shape index (κ2) is 3.52. The second-order valence-corrected chi connectivity index (χ2v) is 0.959. The minimum atomic E-state index is 0.757. The monoisotopic (exact) mass is 120 g/mol. The molecular formula is C2H5AsO. The van der Waals surface area contributed by atoms with Crippen molar-refractivity contribution in [2.24, 2.45) is 0 Å². The van der Waals surface area contributed by atoms with E-state index in [0.717, 1.165) is 5.39 Å². The fraction of sp³-hybridized carbons (Fsp3) is 1.00. The van der Waals surface area contributed by atoms with Gasteiger partial charge < -0.3 is 0 Å². The molecule has 1 nitrogen and oxygen atoms in total. The van der Waals surface area contributed by atoms with Crippen LogP contribution in [0.4, 0.5) is 0 Å². The van der Waals surface area contributed by atoms with Crippen LogP contribution in [0.25, 0.3) is 0 Å². The van der Waals surface area contributed by atoms with Crippen molar-refractivity contribution in [2.45, 2.75) is 0 Å². The zero-order valence-electron chi connectivity index (χ0n) is 2.56. The van der Waals surface area contributed by atoms with Crippen molar-refractivity contribution in [2.75, 3.05) is 12.5 Å². The van der Waals surface area contributed by atoms with Crippen LogP contribution in [0.15, 0.2) is 0 Å². The Morgan fingerprint density at radius 1 is 2.00 bits per heavy atom. The van der Waals surface area contributed by atoms with Crippen LogP contribution in [-0.4, -0.2) is 29.4 Å². The van der Waals surface area contributed by atoms with Crippen LogP contribution < -0.4 is 0 Å². The van der Waals surface area contributed by atoms with Crippen molar-refractivity contribution in [3.8, 4) is 0 Å². The molecule has 0 saturated carbocycles. The Labute approximate surface area is 34.8 Å². The van der Waals surface area contributed by atoms with Crippen LogP contribution >= 0.6 is 0 Å². The van der Waals surface area contributed by atoms with Crippen molar-refractivity contribution in [3.63, 3.8) is 0 Å². The molecule has 0 aromatic carbocycles. The van der Waals surface area contributed by atoms with E-state index < -0.39 is 0 Å². The number of rotatable bonds is 1. The Morgan fingerprint density at radius 3 is 2.25 bits per heavy atom. The predicted octanol–water partition coefficient (Wildman–Crippen LogP) is -0.241. The first-order chi connectivity index (χ1) is 1.91. The van der Waals surface area contributed by atoms with E-state index in [-0.39, 0.29) is 0 Å². The summed E-state index contributed by atoms with van der Waals surface area (Å²) < 4.78 is 4.51. The quantitative estimate of drug-likeness (QED) is 0.434. The molecule has 0 unspecified atom stereocenters. The first-order valence-corrected chi connectivity index (χ1v) is 2.34. The van der Waals surface area contributed by atoms with Crippen molar-refractivity contribution in [3.05, 3.63) is 0 Å². The molecule has 0 heterocycles. The van der Waals surface area contributed by atoms with Crippen molar-refractivity contribution in [1.82, 2.24) is 0 Å². The van der Waals surface area contributed by atoms with Gasteiger partial charge in [0.1, 0.15) is 0 Å². The summed E-state index contributed by atoms with van der Waals surface area (Å²) in [5.74, 6) is 0. The maximum absolute atomic E-state index is 4.51. The predicted molar refractivity (Wildman–Crippen MR) is 17.6 cm³/mol. The van der Waals surface area contributed by atoms with Gasteiger partial charge in [-0.3, -0.25) is 0 Å². The Morgan fingerprint density at radius 2 is 2.25 bits per heavy atom. The second-order valence-electron chi connectivity index (χ2n) is 0.418. The van der Waals surface area contributed by atoms with Gasteiger partial charge >= 0.3 is 34.1 Å². The molecule has 0 aliphatic rings. The fourth-order valence-corrected chi connectivity index (χ4v) is 0. The Hall–Kier alpha value is 0.518. The molecule has 0 N–H and O–H groups in total. The topological polar surface area (TPSA) is 9.23 Å². The van der Waals surface area contributed by atoms with E-state index in [1.165, 1.54) is 0 Å². The van der Waals surface area contributed by atoms with Gasteiger partial charge in [0.15, 0.2) is 0 Å². The summed E-state index contributed by atoms with van der Waals surface area (Å²) in [6.07, 6.45) is 0. The normalized spacial score (nSPS) is 7.50. The van der Waals surface area contributed by atoms with Crippen molar-refractivity contribution < 1.29 is 4.74 Å². The summed E-state index contributed by atoms with van der Waals surface area (Å²) in [6, 6.07) is 0. The molecular weight excluding hydrogens is 115 g/mol. The van der Waals surface area contributed by atoms with E-state index in [1.54, 1.807) is 7.11 Å². The first kappa shape index (κ1) is 4.52. The molecule has 0 bridgehead atoms. The van der Waals surface area contributed by atoms with Gasteiger partial charge in [-0.1, -0.05) is 0 Å². The number of methoxy groups -OCH3 is 1. The molecule has 0 spiro atoms. The molecule has 0 amide bonds. The van der Waals surface area contributed by atoms with Gasteiger partial charge in [0.05, 0.1) is 0 Å². The molecule has 0 saturated heterocycles. The third kappa shape index (κ3) is 2.52. The summed E-state index contributed by atoms with van der Waals surface area (Å²) in [5, 5.41) is 0.757. The summed E-state index contributed by atoms with van der Waals surface area (Å²) in [5.41, 5.74) is 0. The molecule has 0 rings (SSSR count). The Bertz CT molecular complexity index is 8.00. The number of hydrogen-bond acceptors (Lipinski definition) is 1. The van der Waals surface area contributed by atoms with E-state index in [9.17, 15) is 0 Å². The zero-order chi connectivity index (χ0) is 3.41. The van der Waals surface area contributed by atoms with Crippen LogP contribution in [0.5, 0.6) is 0 Å². The Kier molecular flexibility index (Phi) is 3.97. The van der Waals surface area contributed by atoms with Gasteiger partial charge in [-0.05, 0) is 0 Å². The standard InChI is InChI=1S/C2H5AsO/c1-4-2-3/h2H2,1H3. The summed E-state index contributed by atoms with van der Waals surface area (Å²) in [6.45, 7) is 0. The van der Waals surface area contributed by atoms with Gasteiger partial charge in [-0.15, -0.1) is 0 Å². The molecule has 0 aliphatic heterocycles. The van der Waals surface area contributed by atoms with E-state index in [4.69, 9.17) is 0 Å². The molecule has 0 aliphatic carbocycles. The third-order valence-corrected chi connectivity index (χ3v) is 0.671. The molecule has 0 aromatic rings. The summed E-state index contributed by atoms with van der Waals surface area (Å²) >= 11 is 2.31. The molecule has 4 heavy (non-hydrogen) atoms. The average molecular weight is 120 g/mol. The van der Waals surface area contributed by atoms with Crippen LogP contribution in [0.1, 0.15) is 0 Å². The van der Waals surface area contributed by atoms with Gasteiger partial charge in [0.25, 0.3) is 0 Å². The van der Waals surface area contributed by atoms with Gasteiger partial charge in [0.2, 0.25) is 0 Å². The third-order valence-electron chi connectivity index (χ3n) is 0.129. The first-order valence-electron chi connectivity index (χ1n) is 1.01. The van der Waals surface area contributed by atoms with Crippen LogP contribution in [0, 0.1) is 0 Å². The van der Waals surface area contributed by atoms with E-state index in [2.05, 4.69) is 21.6 Å². The van der Waals surface area contributed by atoms with Crippen LogP contribution in [-0.2, 0) is 4.74 Å². The van der Waals surface area contributed by atoms with Gasteiger partial charge in [-0.2, -0.15) is 0 Å². The Balaban J connectivity index is 1.97. The summed E-state index contributed by atoms with van der Waals surface area (Å²) in [4.78, 5) is 0. The van der Waals surface area contributed by atoms with Gasteiger partial charge in [0, 0.05) is 0 Å². The molecule has 0 fully saturated rings. The summed E-state index contributed by atoms with van der Waals surface area (Å²) in [7, 11) is 1.66. The van der Waals surface area contributed by atoms with Crippen molar-refractivity contribution in [1.29, 1.82) is 0 Å². The fourth-order valence-electron chi connectivity index (χ4n) is 0. The van der Waals surface area contributed by atoms with Crippen LogP contribution in [0.3, 0.4) is 0 Å². The molecule has 2 radical (unpaired) electrons.